The minimum absolute atomic E-state index is 0.0812. The first-order chi connectivity index (χ1) is 15.6. The molecule has 3 aromatic carbocycles. The van der Waals surface area contributed by atoms with Crippen molar-refractivity contribution in [1.82, 2.24) is 4.57 Å². The molecule has 4 aromatic rings. The molecule has 5 nitrogen and oxygen atoms in total. The molecule has 1 N–H and O–H groups in total. The maximum atomic E-state index is 11.0. The molecule has 5 heteroatoms. The number of hydrogen-bond donors (Lipinski definition) is 1. The summed E-state index contributed by atoms with van der Waals surface area (Å²) in [5.74, 6) is 0.539. The Balaban J connectivity index is 1.23. The summed E-state index contributed by atoms with van der Waals surface area (Å²) in [4.78, 5) is 11.0. The van der Waals surface area contributed by atoms with Gasteiger partial charge in [-0.05, 0) is 41.6 Å². The second-order valence-corrected chi connectivity index (χ2v) is 8.34. The fourth-order valence-electron chi connectivity index (χ4n) is 4.37. The van der Waals surface area contributed by atoms with Gasteiger partial charge in [-0.3, -0.25) is 4.79 Å². The lowest BCUT2D eigenvalue weighted by molar-refractivity contribution is -0.137. The lowest BCUT2D eigenvalue weighted by Crippen LogP contribution is -2.07. The standard InChI is InChI=1S/C27H25NO4/c1-18-12-21-4-2-3-5-25(21)28(18)15-19-6-8-20(9-7-19)16-31-23-10-11-24-22(13-27(29)30)17-32-26(24)14-23/h2-12,14,22H,13,15-17H2,1H3,(H,29,30). The highest BCUT2D eigenvalue weighted by Crippen LogP contribution is 2.38. The summed E-state index contributed by atoms with van der Waals surface area (Å²) in [6.45, 7) is 3.85. The van der Waals surface area contributed by atoms with Crippen LogP contribution in [0.5, 0.6) is 11.5 Å². The molecule has 1 atom stereocenters. The number of fused-ring (bicyclic) bond motifs is 2. The van der Waals surface area contributed by atoms with Gasteiger partial charge in [-0.15, -0.1) is 0 Å². The first kappa shape index (κ1) is 20.2. The molecule has 0 saturated carbocycles. The zero-order chi connectivity index (χ0) is 22.1. The highest BCUT2D eigenvalue weighted by Gasteiger charge is 2.26. The van der Waals surface area contributed by atoms with Crippen LogP contribution in [-0.4, -0.2) is 22.2 Å². The molecule has 0 spiro atoms. The molecule has 0 saturated heterocycles. The Morgan fingerprint density at radius 2 is 1.84 bits per heavy atom. The number of aryl methyl sites for hydroxylation is 1. The van der Waals surface area contributed by atoms with Crippen LogP contribution in [0, 0.1) is 6.92 Å². The average Bonchev–Trinajstić information content (AvgIpc) is 3.33. The smallest absolute Gasteiger partial charge is 0.304 e. The number of aliphatic carboxylic acids is 1. The Morgan fingerprint density at radius 1 is 1.06 bits per heavy atom. The van der Waals surface area contributed by atoms with E-state index in [1.807, 2.05) is 18.2 Å². The van der Waals surface area contributed by atoms with Crippen molar-refractivity contribution in [1.29, 1.82) is 0 Å². The second-order valence-electron chi connectivity index (χ2n) is 8.34. The van der Waals surface area contributed by atoms with Crippen LogP contribution in [0.4, 0.5) is 0 Å². The number of carboxylic acid groups (broad SMARTS) is 1. The number of hydrogen-bond acceptors (Lipinski definition) is 3. The van der Waals surface area contributed by atoms with Gasteiger partial charge in [0.25, 0.3) is 0 Å². The summed E-state index contributed by atoms with van der Waals surface area (Å²) in [6.07, 6.45) is 0.0812. The van der Waals surface area contributed by atoms with Crippen LogP contribution in [-0.2, 0) is 17.9 Å². The molecule has 5 rings (SSSR count). The molecule has 162 valence electrons. The summed E-state index contributed by atoms with van der Waals surface area (Å²) >= 11 is 0. The minimum Gasteiger partial charge on any atom is -0.492 e. The highest BCUT2D eigenvalue weighted by atomic mass is 16.5. The summed E-state index contributed by atoms with van der Waals surface area (Å²) in [6, 6.07) is 24.8. The lowest BCUT2D eigenvalue weighted by atomic mass is 9.98. The number of benzene rings is 3. The molecule has 1 aromatic heterocycles. The third-order valence-electron chi connectivity index (χ3n) is 6.07. The van der Waals surface area contributed by atoms with Gasteiger partial charge in [-0.2, -0.15) is 0 Å². The molecule has 0 radical (unpaired) electrons. The normalized spacial score (nSPS) is 14.8. The van der Waals surface area contributed by atoms with E-state index < -0.39 is 5.97 Å². The summed E-state index contributed by atoms with van der Waals surface area (Å²) < 4.78 is 14.0. The molecule has 32 heavy (non-hydrogen) atoms. The van der Waals surface area contributed by atoms with Crippen molar-refractivity contribution in [2.75, 3.05) is 6.61 Å². The Bertz CT molecular complexity index is 1270. The number of ether oxygens (including phenoxy) is 2. The molecule has 0 fully saturated rings. The van der Waals surface area contributed by atoms with Gasteiger partial charge >= 0.3 is 5.97 Å². The Hall–Kier alpha value is -3.73. The van der Waals surface area contributed by atoms with E-state index >= 15 is 0 Å². The molecule has 0 bridgehead atoms. The molecule has 0 amide bonds. The Kier molecular flexibility index (Phi) is 5.31. The molecule has 1 aliphatic rings. The van der Waals surface area contributed by atoms with E-state index in [0.29, 0.717) is 13.2 Å². The second kappa shape index (κ2) is 8.42. The van der Waals surface area contributed by atoms with Crippen molar-refractivity contribution < 1.29 is 19.4 Å². The van der Waals surface area contributed by atoms with Crippen LogP contribution in [0.1, 0.15) is 34.7 Å². The van der Waals surface area contributed by atoms with Gasteiger partial charge in [-0.25, -0.2) is 0 Å². The van der Waals surface area contributed by atoms with Gasteiger partial charge < -0.3 is 19.1 Å². The van der Waals surface area contributed by atoms with E-state index in [0.717, 1.165) is 29.2 Å². The summed E-state index contributed by atoms with van der Waals surface area (Å²) in [7, 11) is 0. The van der Waals surface area contributed by atoms with E-state index in [1.54, 1.807) is 0 Å². The summed E-state index contributed by atoms with van der Waals surface area (Å²) in [5, 5.41) is 10.3. The SMILES string of the molecule is Cc1cc2ccccc2n1Cc1ccc(COc2ccc3c(c2)OCC3CC(=O)O)cc1. The van der Waals surface area contributed by atoms with Crippen molar-refractivity contribution in [3.63, 3.8) is 0 Å². The zero-order valence-corrected chi connectivity index (χ0v) is 18.0. The maximum absolute atomic E-state index is 11.0. The van der Waals surface area contributed by atoms with Crippen molar-refractivity contribution in [3.8, 4) is 11.5 Å². The number of carboxylic acids is 1. The maximum Gasteiger partial charge on any atom is 0.304 e. The zero-order valence-electron chi connectivity index (χ0n) is 18.0. The molecule has 0 aliphatic carbocycles. The van der Waals surface area contributed by atoms with Crippen molar-refractivity contribution in [3.05, 3.63) is 95.2 Å². The number of para-hydroxylation sites is 1. The van der Waals surface area contributed by atoms with Crippen LogP contribution in [0.15, 0.2) is 72.8 Å². The first-order valence-corrected chi connectivity index (χ1v) is 10.8. The lowest BCUT2D eigenvalue weighted by Gasteiger charge is -2.11. The molecular weight excluding hydrogens is 402 g/mol. The van der Waals surface area contributed by atoms with Crippen molar-refractivity contribution in [2.24, 2.45) is 0 Å². The van der Waals surface area contributed by atoms with Crippen LogP contribution in [0.2, 0.25) is 0 Å². The Labute approximate surface area is 186 Å². The van der Waals surface area contributed by atoms with Gasteiger partial charge in [0.15, 0.2) is 0 Å². The number of aromatic nitrogens is 1. The third kappa shape index (κ3) is 4.06. The van der Waals surface area contributed by atoms with E-state index in [1.165, 1.54) is 22.2 Å². The van der Waals surface area contributed by atoms with Crippen LogP contribution in [0.3, 0.4) is 0 Å². The van der Waals surface area contributed by atoms with Crippen molar-refractivity contribution >= 4 is 16.9 Å². The quantitative estimate of drug-likeness (QED) is 0.421. The largest absolute Gasteiger partial charge is 0.492 e. The predicted octanol–water partition coefficient (Wildman–Crippen LogP) is 5.53. The van der Waals surface area contributed by atoms with Crippen molar-refractivity contribution in [2.45, 2.75) is 32.4 Å². The average molecular weight is 428 g/mol. The Morgan fingerprint density at radius 3 is 2.66 bits per heavy atom. The molecule has 2 heterocycles. The van der Waals surface area contributed by atoms with Gasteiger partial charge in [0, 0.05) is 35.3 Å². The molecule has 1 aliphatic heterocycles. The van der Waals surface area contributed by atoms with E-state index in [4.69, 9.17) is 14.6 Å². The topological polar surface area (TPSA) is 60.7 Å². The van der Waals surface area contributed by atoms with E-state index in [9.17, 15) is 4.79 Å². The monoisotopic (exact) mass is 427 g/mol. The number of rotatable bonds is 7. The first-order valence-electron chi connectivity index (χ1n) is 10.8. The van der Waals surface area contributed by atoms with Gasteiger partial charge in [0.1, 0.15) is 18.1 Å². The predicted molar refractivity (Wildman–Crippen MR) is 123 cm³/mol. The fourth-order valence-corrected chi connectivity index (χ4v) is 4.37. The van der Waals surface area contributed by atoms with Crippen LogP contribution < -0.4 is 9.47 Å². The fraction of sp³-hybridized carbons (Fsp3) is 0.222. The van der Waals surface area contributed by atoms with Crippen LogP contribution in [0.25, 0.3) is 10.9 Å². The number of carbonyl (C=O) groups is 1. The van der Waals surface area contributed by atoms with Gasteiger partial charge in [0.05, 0.1) is 13.0 Å². The van der Waals surface area contributed by atoms with E-state index in [-0.39, 0.29) is 12.3 Å². The minimum atomic E-state index is -0.810. The molecular formula is C27H25NO4. The summed E-state index contributed by atoms with van der Waals surface area (Å²) in [5.41, 5.74) is 5.78. The van der Waals surface area contributed by atoms with Gasteiger partial charge in [0.2, 0.25) is 0 Å². The highest BCUT2D eigenvalue weighted by molar-refractivity contribution is 5.81. The van der Waals surface area contributed by atoms with E-state index in [2.05, 4.69) is 66.1 Å². The molecule has 1 unspecified atom stereocenters. The third-order valence-corrected chi connectivity index (χ3v) is 6.07. The number of nitrogens with zero attached hydrogens (tertiary/aromatic N) is 1. The van der Waals surface area contributed by atoms with Gasteiger partial charge in [-0.1, -0.05) is 48.5 Å². The van der Waals surface area contributed by atoms with Crippen LogP contribution >= 0.6 is 0 Å².